The summed E-state index contributed by atoms with van der Waals surface area (Å²) in [5.41, 5.74) is 0.00341. The average molecular weight is 359 g/mol. The Bertz CT molecular complexity index is 958. The summed E-state index contributed by atoms with van der Waals surface area (Å²) >= 11 is 6.03. The molecule has 0 saturated carbocycles. The molecule has 8 heteroatoms. The van der Waals surface area contributed by atoms with Gasteiger partial charge in [0.15, 0.2) is 5.69 Å². The maximum Gasteiger partial charge on any atom is 0.281 e. The molecule has 0 aliphatic rings. The number of azo groups is 1. The fourth-order valence-corrected chi connectivity index (χ4v) is 2.43. The minimum atomic E-state index is -0.572. The van der Waals surface area contributed by atoms with E-state index < -0.39 is 11.4 Å². The summed E-state index contributed by atoms with van der Waals surface area (Å²) in [6, 6.07) is 6.65. The van der Waals surface area contributed by atoms with E-state index in [1.807, 2.05) is 6.07 Å². The Morgan fingerprint density at radius 3 is 2.76 bits per heavy atom. The van der Waals surface area contributed by atoms with Crippen molar-refractivity contribution in [2.45, 2.75) is 13.5 Å². The lowest BCUT2D eigenvalue weighted by Gasteiger charge is -2.11. The summed E-state index contributed by atoms with van der Waals surface area (Å²) in [6.07, 6.45) is 1.43. The van der Waals surface area contributed by atoms with E-state index in [2.05, 4.69) is 16.8 Å². The van der Waals surface area contributed by atoms with Crippen LogP contribution in [-0.4, -0.2) is 16.8 Å². The van der Waals surface area contributed by atoms with Gasteiger partial charge >= 0.3 is 0 Å². The van der Waals surface area contributed by atoms with E-state index in [0.29, 0.717) is 16.5 Å². The Hall–Kier alpha value is -3.11. The predicted octanol–water partition coefficient (Wildman–Crippen LogP) is 4.00. The number of nitriles is 1. The first-order chi connectivity index (χ1) is 11.9. The van der Waals surface area contributed by atoms with Crippen LogP contribution in [0.3, 0.4) is 0 Å². The molecule has 1 N–H and O–H groups in total. The van der Waals surface area contributed by atoms with Gasteiger partial charge in [-0.2, -0.15) is 10.4 Å². The van der Waals surface area contributed by atoms with Crippen LogP contribution in [0.25, 0.3) is 0 Å². The lowest BCUT2D eigenvalue weighted by molar-refractivity contribution is 0.414. The van der Waals surface area contributed by atoms with Gasteiger partial charge < -0.3 is 9.84 Å². The van der Waals surface area contributed by atoms with Crippen LogP contribution in [0.2, 0.25) is 5.02 Å². The third-order valence-electron chi connectivity index (χ3n) is 3.48. The SMILES string of the molecule is C=CCn1c(O)c(C#N)c(C)c(N=Nc2ccc(OC)c(Cl)c2)c1=O. The first-order valence-corrected chi connectivity index (χ1v) is 7.55. The molecule has 0 atom stereocenters. The second-order valence-electron chi connectivity index (χ2n) is 5.01. The average Bonchev–Trinajstić information content (AvgIpc) is 2.59. The second-order valence-corrected chi connectivity index (χ2v) is 5.41. The van der Waals surface area contributed by atoms with Crippen LogP contribution < -0.4 is 10.3 Å². The first kappa shape index (κ1) is 18.2. The number of benzene rings is 1. The summed E-state index contributed by atoms with van der Waals surface area (Å²) in [6.45, 7) is 5.09. The number of aromatic hydroxyl groups is 1. The Morgan fingerprint density at radius 1 is 1.48 bits per heavy atom. The van der Waals surface area contributed by atoms with Crippen molar-refractivity contribution in [2.24, 2.45) is 10.2 Å². The second kappa shape index (κ2) is 7.64. The monoisotopic (exact) mass is 358 g/mol. The molecule has 0 aliphatic heterocycles. The number of pyridine rings is 1. The number of nitrogens with zero attached hydrogens (tertiary/aromatic N) is 4. The lowest BCUT2D eigenvalue weighted by atomic mass is 10.1. The summed E-state index contributed by atoms with van der Waals surface area (Å²) in [5.74, 6) is 0.0675. The lowest BCUT2D eigenvalue weighted by Crippen LogP contribution is -2.21. The molecule has 0 aliphatic carbocycles. The zero-order valence-corrected chi connectivity index (χ0v) is 14.4. The quantitative estimate of drug-likeness (QED) is 0.644. The molecule has 128 valence electrons. The van der Waals surface area contributed by atoms with Crippen molar-refractivity contribution in [3.05, 3.63) is 57.4 Å². The van der Waals surface area contributed by atoms with Gasteiger partial charge in [0.2, 0.25) is 5.88 Å². The molecule has 25 heavy (non-hydrogen) atoms. The largest absolute Gasteiger partial charge is 0.495 e. The molecule has 0 radical (unpaired) electrons. The maximum absolute atomic E-state index is 12.5. The van der Waals surface area contributed by atoms with Gasteiger partial charge in [0, 0.05) is 12.1 Å². The zero-order chi connectivity index (χ0) is 18.6. The molecule has 0 unspecified atom stereocenters. The minimum absolute atomic E-state index is 0.0382. The van der Waals surface area contributed by atoms with Crippen molar-refractivity contribution in [3.8, 4) is 17.7 Å². The van der Waals surface area contributed by atoms with E-state index in [1.165, 1.54) is 26.2 Å². The summed E-state index contributed by atoms with van der Waals surface area (Å²) in [7, 11) is 1.49. The third-order valence-corrected chi connectivity index (χ3v) is 3.78. The van der Waals surface area contributed by atoms with Crippen LogP contribution in [0.4, 0.5) is 11.4 Å². The molecule has 7 nitrogen and oxygen atoms in total. The highest BCUT2D eigenvalue weighted by Gasteiger charge is 2.18. The predicted molar refractivity (Wildman–Crippen MR) is 94.2 cm³/mol. The van der Waals surface area contributed by atoms with Crippen molar-refractivity contribution in [1.82, 2.24) is 4.57 Å². The highest BCUT2D eigenvalue weighted by molar-refractivity contribution is 6.32. The van der Waals surface area contributed by atoms with Gasteiger partial charge in [-0.1, -0.05) is 17.7 Å². The van der Waals surface area contributed by atoms with Gasteiger partial charge in [0.1, 0.15) is 17.4 Å². The van der Waals surface area contributed by atoms with Crippen molar-refractivity contribution in [1.29, 1.82) is 5.26 Å². The number of halogens is 1. The smallest absolute Gasteiger partial charge is 0.281 e. The van der Waals surface area contributed by atoms with Crippen LogP contribution in [0.5, 0.6) is 11.6 Å². The third kappa shape index (κ3) is 3.54. The number of hydrogen-bond acceptors (Lipinski definition) is 6. The zero-order valence-electron chi connectivity index (χ0n) is 13.7. The molecule has 2 rings (SSSR count). The van der Waals surface area contributed by atoms with Gasteiger partial charge in [-0.05, 0) is 25.1 Å². The van der Waals surface area contributed by atoms with E-state index in [0.717, 1.165) is 4.57 Å². The molecule has 1 heterocycles. The number of hydrogen-bond donors (Lipinski definition) is 1. The number of allylic oxidation sites excluding steroid dienone is 1. The van der Waals surface area contributed by atoms with E-state index in [-0.39, 0.29) is 23.4 Å². The van der Waals surface area contributed by atoms with E-state index in [4.69, 9.17) is 16.3 Å². The molecule has 1 aromatic heterocycles. The van der Waals surface area contributed by atoms with Crippen molar-refractivity contribution in [2.75, 3.05) is 7.11 Å². The molecule has 0 bridgehead atoms. The maximum atomic E-state index is 12.5. The molecule has 2 aromatic rings. The number of methoxy groups -OCH3 is 1. The van der Waals surface area contributed by atoms with Crippen molar-refractivity contribution >= 4 is 23.0 Å². The van der Waals surface area contributed by atoms with Crippen LogP contribution in [-0.2, 0) is 6.54 Å². The Morgan fingerprint density at radius 2 is 2.20 bits per heavy atom. The van der Waals surface area contributed by atoms with E-state index in [1.54, 1.807) is 12.1 Å². The summed E-state index contributed by atoms with van der Waals surface area (Å²) < 4.78 is 6.06. The fraction of sp³-hybridized carbons (Fsp3) is 0.176. The number of ether oxygens (including phenoxy) is 1. The van der Waals surface area contributed by atoms with Gasteiger partial charge in [-0.15, -0.1) is 11.7 Å². The molecule has 0 amide bonds. The molecular weight excluding hydrogens is 344 g/mol. The number of aromatic nitrogens is 1. The van der Waals surface area contributed by atoms with Crippen LogP contribution >= 0.6 is 11.6 Å². The van der Waals surface area contributed by atoms with Crippen LogP contribution in [0.1, 0.15) is 11.1 Å². The summed E-state index contributed by atoms with van der Waals surface area (Å²) in [5, 5.41) is 27.6. The number of rotatable bonds is 5. The standard InChI is InChI=1S/C17H15ClN4O3/c1-4-7-22-16(23)12(9-19)10(2)15(17(22)24)21-20-11-5-6-14(25-3)13(18)8-11/h4-6,8,23H,1,7H2,2-3H3. The Kier molecular flexibility index (Phi) is 5.57. The molecule has 1 aromatic carbocycles. The fourth-order valence-electron chi connectivity index (χ4n) is 2.18. The minimum Gasteiger partial charge on any atom is -0.495 e. The normalized spacial score (nSPS) is 10.6. The highest BCUT2D eigenvalue weighted by Crippen LogP contribution is 2.30. The topological polar surface area (TPSA) is 100.0 Å². The summed E-state index contributed by atoms with van der Waals surface area (Å²) in [4.78, 5) is 12.5. The van der Waals surface area contributed by atoms with Crippen molar-refractivity contribution in [3.63, 3.8) is 0 Å². The van der Waals surface area contributed by atoms with E-state index in [9.17, 15) is 15.2 Å². The van der Waals surface area contributed by atoms with E-state index >= 15 is 0 Å². The highest BCUT2D eigenvalue weighted by atomic mass is 35.5. The Balaban J connectivity index is 2.57. The van der Waals surface area contributed by atoms with Crippen molar-refractivity contribution < 1.29 is 9.84 Å². The van der Waals surface area contributed by atoms with Gasteiger partial charge in [0.05, 0.1) is 17.8 Å². The first-order valence-electron chi connectivity index (χ1n) is 7.17. The van der Waals surface area contributed by atoms with Crippen LogP contribution in [0, 0.1) is 18.3 Å². The van der Waals surface area contributed by atoms with Gasteiger partial charge in [0.25, 0.3) is 5.56 Å². The molecule has 0 saturated heterocycles. The molecule has 0 spiro atoms. The van der Waals surface area contributed by atoms with Gasteiger partial charge in [-0.25, -0.2) is 0 Å². The molecule has 0 fully saturated rings. The Labute approximate surface area is 149 Å². The molecular formula is C17H15ClN4O3. The van der Waals surface area contributed by atoms with Crippen LogP contribution in [0.15, 0.2) is 45.9 Å². The van der Waals surface area contributed by atoms with Gasteiger partial charge in [-0.3, -0.25) is 9.36 Å².